The second-order valence-corrected chi connectivity index (χ2v) is 5.05. The molecule has 0 atom stereocenters. The molecule has 18 heavy (non-hydrogen) atoms. The average Bonchev–Trinajstić information content (AvgIpc) is 2.75. The molecule has 2 rings (SSSR count). The standard InChI is InChI=1S/C13H18N2O2S/c1-10-3-4-12-11(9-10)15-13(18-12)14-5-6-17-8-7-16-2/h3-4,9H,5-8H2,1-2H3,(H,14,15). The number of fused-ring (bicyclic) bond motifs is 1. The molecule has 1 aromatic heterocycles. The fourth-order valence-electron chi connectivity index (χ4n) is 1.59. The summed E-state index contributed by atoms with van der Waals surface area (Å²) in [6.45, 7) is 4.79. The average molecular weight is 266 g/mol. The van der Waals surface area contributed by atoms with Crippen LogP contribution in [-0.4, -0.2) is 38.5 Å². The molecular weight excluding hydrogens is 248 g/mol. The molecule has 0 unspecified atom stereocenters. The van der Waals surface area contributed by atoms with Gasteiger partial charge in [0.15, 0.2) is 5.13 Å². The normalized spacial score (nSPS) is 11.0. The van der Waals surface area contributed by atoms with Crippen molar-refractivity contribution in [3.8, 4) is 0 Å². The van der Waals surface area contributed by atoms with E-state index in [1.54, 1.807) is 18.4 Å². The first kappa shape index (κ1) is 13.3. The molecule has 5 heteroatoms. The van der Waals surface area contributed by atoms with Crippen molar-refractivity contribution >= 4 is 26.7 Å². The number of ether oxygens (including phenoxy) is 2. The van der Waals surface area contributed by atoms with Gasteiger partial charge in [-0.05, 0) is 24.6 Å². The fraction of sp³-hybridized carbons (Fsp3) is 0.462. The molecule has 0 fully saturated rings. The Bertz CT molecular complexity index is 499. The highest BCUT2D eigenvalue weighted by Gasteiger charge is 2.02. The van der Waals surface area contributed by atoms with Crippen LogP contribution in [-0.2, 0) is 9.47 Å². The Balaban J connectivity index is 1.81. The molecule has 2 aromatic rings. The summed E-state index contributed by atoms with van der Waals surface area (Å²) in [6.07, 6.45) is 0. The van der Waals surface area contributed by atoms with Crippen LogP contribution in [0.3, 0.4) is 0 Å². The predicted octanol–water partition coefficient (Wildman–Crippen LogP) is 2.68. The minimum atomic E-state index is 0.636. The fourth-order valence-corrected chi connectivity index (χ4v) is 2.46. The number of benzene rings is 1. The van der Waals surface area contributed by atoms with Crippen LogP contribution in [0.25, 0.3) is 10.2 Å². The van der Waals surface area contributed by atoms with Crippen molar-refractivity contribution in [1.82, 2.24) is 4.98 Å². The molecule has 0 radical (unpaired) electrons. The third-order valence-electron chi connectivity index (χ3n) is 2.50. The van der Waals surface area contributed by atoms with E-state index in [1.165, 1.54) is 10.3 Å². The van der Waals surface area contributed by atoms with Crippen LogP contribution in [0, 0.1) is 6.92 Å². The number of anilines is 1. The Kier molecular flexibility index (Phi) is 4.92. The number of nitrogens with one attached hydrogen (secondary N) is 1. The van der Waals surface area contributed by atoms with Crippen molar-refractivity contribution in [2.45, 2.75) is 6.92 Å². The molecular formula is C13H18N2O2S. The van der Waals surface area contributed by atoms with Gasteiger partial charge in [0.2, 0.25) is 0 Å². The van der Waals surface area contributed by atoms with E-state index in [2.05, 4.69) is 35.4 Å². The topological polar surface area (TPSA) is 43.4 Å². The lowest BCUT2D eigenvalue weighted by Crippen LogP contribution is -2.11. The lowest BCUT2D eigenvalue weighted by molar-refractivity contribution is 0.0759. The van der Waals surface area contributed by atoms with Gasteiger partial charge in [-0.1, -0.05) is 17.4 Å². The first-order valence-electron chi connectivity index (χ1n) is 5.97. The monoisotopic (exact) mass is 266 g/mol. The SMILES string of the molecule is COCCOCCNc1nc2cc(C)ccc2s1. The van der Waals surface area contributed by atoms with Crippen molar-refractivity contribution in [3.63, 3.8) is 0 Å². The predicted molar refractivity (Wildman–Crippen MR) is 75.5 cm³/mol. The Morgan fingerprint density at radius 1 is 1.28 bits per heavy atom. The van der Waals surface area contributed by atoms with E-state index in [1.807, 2.05) is 0 Å². The molecule has 1 aromatic carbocycles. The van der Waals surface area contributed by atoms with Crippen LogP contribution >= 0.6 is 11.3 Å². The van der Waals surface area contributed by atoms with Gasteiger partial charge in [-0.2, -0.15) is 0 Å². The van der Waals surface area contributed by atoms with Gasteiger partial charge < -0.3 is 14.8 Å². The van der Waals surface area contributed by atoms with E-state index in [9.17, 15) is 0 Å². The van der Waals surface area contributed by atoms with E-state index in [4.69, 9.17) is 9.47 Å². The number of aryl methyl sites for hydroxylation is 1. The highest BCUT2D eigenvalue weighted by molar-refractivity contribution is 7.22. The Hall–Kier alpha value is -1.17. The maximum Gasteiger partial charge on any atom is 0.183 e. The largest absolute Gasteiger partial charge is 0.382 e. The number of thiazole rings is 1. The zero-order valence-electron chi connectivity index (χ0n) is 10.7. The first-order chi connectivity index (χ1) is 8.79. The summed E-state index contributed by atoms with van der Waals surface area (Å²) in [5, 5.41) is 4.22. The van der Waals surface area contributed by atoms with Crippen molar-refractivity contribution in [2.75, 3.05) is 38.8 Å². The van der Waals surface area contributed by atoms with E-state index < -0.39 is 0 Å². The summed E-state index contributed by atoms with van der Waals surface area (Å²) in [6, 6.07) is 6.33. The van der Waals surface area contributed by atoms with Crippen molar-refractivity contribution in [1.29, 1.82) is 0 Å². The Labute approximate surface area is 111 Å². The van der Waals surface area contributed by atoms with E-state index in [-0.39, 0.29) is 0 Å². The molecule has 4 nitrogen and oxygen atoms in total. The van der Waals surface area contributed by atoms with Crippen LogP contribution < -0.4 is 5.32 Å². The van der Waals surface area contributed by atoms with Gasteiger partial charge in [0, 0.05) is 13.7 Å². The van der Waals surface area contributed by atoms with Crippen LogP contribution in [0.5, 0.6) is 0 Å². The maximum absolute atomic E-state index is 5.38. The van der Waals surface area contributed by atoms with Gasteiger partial charge in [0.25, 0.3) is 0 Å². The number of hydrogen-bond donors (Lipinski definition) is 1. The third-order valence-corrected chi connectivity index (χ3v) is 3.49. The molecule has 0 spiro atoms. The zero-order valence-corrected chi connectivity index (χ0v) is 11.5. The molecule has 0 aliphatic carbocycles. The van der Waals surface area contributed by atoms with Gasteiger partial charge in [0.1, 0.15) is 0 Å². The molecule has 0 saturated carbocycles. The van der Waals surface area contributed by atoms with Gasteiger partial charge in [-0.25, -0.2) is 4.98 Å². The number of rotatable bonds is 7. The molecule has 0 bridgehead atoms. The molecule has 0 amide bonds. The van der Waals surface area contributed by atoms with Crippen LogP contribution in [0.1, 0.15) is 5.56 Å². The smallest absolute Gasteiger partial charge is 0.183 e. The molecule has 1 N–H and O–H groups in total. The molecule has 0 saturated heterocycles. The van der Waals surface area contributed by atoms with Gasteiger partial charge in [-0.15, -0.1) is 0 Å². The lowest BCUT2D eigenvalue weighted by atomic mass is 10.2. The van der Waals surface area contributed by atoms with Gasteiger partial charge in [0.05, 0.1) is 30.0 Å². The second kappa shape index (κ2) is 6.68. The quantitative estimate of drug-likeness (QED) is 0.782. The summed E-state index contributed by atoms with van der Waals surface area (Å²) < 4.78 is 11.5. The molecule has 1 heterocycles. The minimum Gasteiger partial charge on any atom is -0.382 e. The minimum absolute atomic E-state index is 0.636. The first-order valence-corrected chi connectivity index (χ1v) is 6.79. The van der Waals surface area contributed by atoms with Gasteiger partial charge >= 0.3 is 0 Å². The van der Waals surface area contributed by atoms with E-state index in [0.717, 1.165) is 17.2 Å². The Morgan fingerprint density at radius 2 is 2.17 bits per heavy atom. The van der Waals surface area contributed by atoms with Gasteiger partial charge in [-0.3, -0.25) is 0 Å². The summed E-state index contributed by atoms with van der Waals surface area (Å²) >= 11 is 1.67. The van der Waals surface area contributed by atoms with Crippen LogP contribution in [0.2, 0.25) is 0 Å². The highest BCUT2D eigenvalue weighted by atomic mass is 32.1. The zero-order chi connectivity index (χ0) is 12.8. The Morgan fingerprint density at radius 3 is 3.00 bits per heavy atom. The summed E-state index contributed by atoms with van der Waals surface area (Å²) in [7, 11) is 1.67. The molecule has 0 aliphatic rings. The molecule has 98 valence electrons. The van der Waals surface area contributed by atoms with Crippen molar-refractivity contribution in [2.24, 2.45) is 0 Å². The number of nitrogens with zero attached hydrogens (tertiary/aromatic N) is 1. The summed E-state index contributed by atoms with van der Waals surface area (Å²) in [4.78, 5) is 4.53. The maximum atomic E-state index is 5.38. The lowest BCUT2D eigenvalue weighted by Gasteiger charge is -2.03. The highest BCUT2D eigenvalue weighted by Crippen LogP contribution is 2.26. The van der Waals surface area contributed by atoms with Crippen LogP contribution in [0.15, 0.2) is 18.2 Å². The molecule has 0 aliphatic heterocycles. The second-order valence-electron chi connectivity index (χ2n) is 4.02. The number of methoxy groups -OCH3 is 1. The van der Waals surface area contributed by atoms with E-state index >= 15 is 0 Å². The summed E-state index contributed by atoms with van der Waals surface area (Å²) in [5.74, 6) is 0. The van der Waals surface area contributed by atoms with Crippen molar-refractivity contribution in [3.05, 3.63) is 23.8 Å². The summed E-state index contributed by atoms with van der Waals surface area (Å²) in [5.41, 5.74) is 2.30. The number of hydrogen-bond acceptors (Lipinski definition) is 5. The third kappa shape index (κ3) is 3.66. The number of aromatic nitrogens is 1. The van der Waals surface area contributed by atoms with Crippen LogP contribution in [0.4, 0.5) is 5.13 Å². The van der Waals surface area contributed by atoms with E-state index in [0.29, 0.717) is 19.8 Å². The van der Waals surface area contributed by atoms with Crippen molar-refractivity contribution < 1.29 is 9.47 Å².